The van der Waals surface area contributed by atoms with Crippen LogP contribution >= 0.6 is 0 Å². The smallest absolute Gasteiger partial charge is 0.306 e. The molecule has 4 N–H and O–H groups in total. The van der Waals surface area contributed by atoms with Crippen LogP contribution in [0.3, 0.4) is 0 Å². The fraction of sp³-hybridized carbons (Fsp3) is 0.696. The van der Waals surface area contributed by atoms with E-state index in [0.29, 0.717) is 34.8 Å². The van der Waals surface area contributed by atoms with E-state index in [9.17, 15) is 15.0 Å². The Morgan fingerprint density at radius 3 is 2.69 bits per heavy atom. The monoisotopic (exact) mass is 444 g/mol. The Hall–Kier alpha value is -2.23. The maximum Gasteiger partial charge on any atom is 0.306 e. The minimum atomic E-state index is -1.17. The second-order valence-electron chi connectivity index (χ2n) is 9.81. The number of esters is 1. The van der Waals surface area contributed by atoms with Gasteiger partial charge in [-0.15, -0.1) is 0 Å². The normalized spacial score (nSPS) is 30.3. The van der Waals surface area contributed by atoms with Crippen molar-refractivity contribution >= 4 is 17.3 Å². The van der Waals surface area contributed by atoms with Crippen LogP contribution in [0.25, 0.3) is 5.52 Å². The zero-order chi connectivity index (χ0) is 22.3. The highest BCUT2D eigenvalue weighted by Crippen LogP contribution is 2.50. The summed E-state index contributed by atoms with van der Waals surface area (Å²) in [4.78, 5) is 16.4. The number of carbonyl (C=O) groups excluding carboxylic acids is 1. The van der Waals surface area contributed by atoms with Crippen molar-refractivity contribution < 1.29 is 24.5 Å². The van der Waals surface area contributed by atoms with Crippen LogP contribution in [0.15, 0.2) is 18.5 Å². The molecule has 174 valence electrons. The van der Waals surface area contributed by atoms with Gasteiger partial charge in [0.15, 0.2) is 5.82 Å². The van der Waals surface area contributed by atoms with E-state index in [-0.39, 0.29) is 12.6 Å². The number of ether oxygens (including phenoxy) is 2. The summed E-state index contributed by atoms with van der Waals surface area (Å²) < 4.78 is 12.9. The predicted octanol–water partition coefficient (Wildman–Crippen LogP) is 2.16. The highest BCUT2D eigenvalue weighted by Gasteiger charge is 2.45. The lowest BCUT2D eigenvalue weighted by atomic mass is 9.69. The van der Waals surface area contributed by atoms with Crippen molar-refractivity contribution in [3.63, 3.8) is 0 Å². The number of aliphatic hydroxyl groups is 2. The molecular weight excluding hydrogens is 412 g/mol. The number of nitrogens with zero attached hydrogens (tertiary/aromatic N) is 3. The summed E-state index contributed by atoms with van der Waals surface area (Å²) in [6.07, 6.45) is 7.78. The van der Waals surface area contributed by atoms with Gasteiger partial charge in [0.1, 0.15) is 42.9 Å². The minimum Gasteiger partial charge on any atom is -0.463 e. The predicted molar refractivity (Wildman–Crippen MR) is 115 cm³/mol. The largest absolute Gasteiger partial charge is 0.463 e. The van der Waals surface area contributed by atoms with Crippen LogP contribution < -0.4 is 5.73 Å². The molecule has 0 amide bonds. The number of fused-ring (bicyclic) bond motifs is 1. The van der Waals surface area contributed by atoms with E-state index < -0.39 is 24.4 Å². The molecule has 0 radical (unpaired) electrons. The van der Waals surface area contributed by atoms with Crippen LogP contribution in [0.5, 0.6) is 0 Å². The van der Waals surface area contributed by atoms with Gasteiger partial charge < -0.3 is 25.4 Å². The highest BCUT2D eigenvalue weighted by atomic mass is 16.6. The number of rotatable bonds is 5. The van der Waals surface area contributed by atoms with Crippen LogP contribution in [0.1, 0.15) is 69.6 Å². The first-order chi connectivity index (χ1) is 15.5. The fourth-order valence-electron chi connectivity index (χ4n) is 5.91. The summed E-state index contributed by atoms with van der Waals surface area (Å²) in [7, 11) is 0. The number of anilines is 1. The van der Waals surface area contributed by atoms with Gasteiger partial charge in [-0.2, -0.15) is 5.10 Å². The third-order valence-corrected chi connectivity index (χ3v) is 7.86. The van der Waals surface area contributed by atoms with Crippen molar-refractivity contribution in [3.05, 3.63) is 24.2 Å². The van der Waals surface area contributed by atoms with Crippen molar-refractivity contribution in [2.75, 3.05) is 12.3 Å². The lowest BCUT2D eigenvalue weighted by molar-refractivity contribution is -0.150. The Bertz CT molecular complexity index is 962. The van der Waals surface area contributed by atoms with Crippen molar-refractivity contribution in [1.82, 2.24) is 14.6 Å². The van der Waals surface area contributed by atoms with Gasteiger partial charge in [-0.05, 0) is 62.0 Å². The molecule has 2 aromatic rings. The van der Waals surface area contributed by atoms with Gasteiger partial charge in [0.05, 0.1) is 5.69 Å². The Balaban J connectivity index is 1.15. The van der Waals surface area contributed by atoms with E-state index in [0.717, 1.165) is 12.8 Å². The van der Waals surface area contributed by atoms with E-state index in [1.165, 1.54) is 49.4 Å². The molecule has 32 heavy (non-hydrogen) atoms. The molecule has 2 aromatic heterocycles. The van der Waals surface area contributed by atoms with E-state index in [2.05, 4.69) is 10.1 Å². The van der Waals surface area contributed by atoms with Crippen molar-refractivity contribution in [1.29, 1.82) is 0 Å². The number of nitrogens with two attached hydrogens (primary N) is 1. The molecule has 1 spiro atoms. The Morgan fingerprint density at radius 2 is 1.94 bits per heavy atom. The molecule has 2 saturated carbocycles. The lowest BCUT2D eigenvalue weighted by Crippen LogP contribution is -2.34. The average molecular weight is 445 g/mol. The van der Waals surface area contributed by atoms with Gasteiger partial charge in [-0.25, -0.2) is 9.50 Å². The van der Waals surface area contributed by atoms with Crippen LogP contribution in [-0.2, 0) is 14.3 Å². The first kappa shape index (κ1) is 21.6. The van der Waals surface area contributed by atoms with Gasteiger partial charge in [-0.3, -0.25) is 4.79 Å². The quantitative estimate of drug-likeness (QED) is 0.598. The number of aromatic nitrogens is 3. The summed E-state index contributed by atoms with van der Waals surface area (Å²) >= 11 is 0. The first-order valence-electron chi connectivity index (χ1n) is 11.7. The maximum atomic E-state index is 12.4. The molecule has 3 aliphatic rings. The molecule has 9 nitrogen and oxygen atoms in total. The summed E-state index contributed by atoms with van der Waals surface area (Å²) in [5.74, 6) is 0.421. The summed E-state index contributed by atoms with van der Waals surface area (Å²) in [6.45, 7) is -0.0926. The zero-order valence-electron chi connectivity index (χ0n) is 18.2. The lowest BCUT2D eigenvalue weighted by Gasteiger charge is -2.37. The molecule has 3 heterocycles. The van der Waals surface area contributed by atoms with Gasteiger partial charge in [0.25, 0.3) is 0 Å². The Morgan fingerprint density at radius 1 is 1.19 bits per heavy atom. The second kappa shape index (κ2) is 8.61. The van der Waals surface area contributed by atoms with Crippen molar-refractivity contribution in [3.8, 4) is 0 Å². The number of hydrogen-bond donors (Lipinski definition) is 3. The van der Waals surface area contributed by atoms with Crippen molar-refractivity contribution in [2.24, 2.45) is 11.3 Å². The van der Waals surface area contributed by atoms with Crippen molar-refractivity contribution in [2.45, 2.75) is 82.2 Å². The second-order valence-corrected chi connectivity index (χ2v) is 9.81. The average Bonchev–Trinajstić information content (AvgIpc) is 3.49. The third-order valence-electron chi connectivity index (χ3n) is 7.86. The molecule has 4 atom stereocenters. The van der Waals surface area contributed by atoms with E-state index in [1.54, 1.807) is 12.1 Å². The molecule has 0 unspecified atom stereocenters. The topological polar surface area (TPSA) is 132 Å². The third kappa shape index (κ3) is 3.97. The van der Waals surface area contributed by atoms with Gasteiger partial charge >= 0.3 is 5.97 Å². The molecule has 0 aromatic carbocycles. The SMILES string of the molecule is Nc1ncnn2c([C@@H]3O[C@H](COC(=O)CC4CCC5(CCCC5)CC4)[C@@H](O)[C@H]3O)ccc12. The molecule has 3 fully saturated rings. The van der Waals surface area contributed by atoms with Gasteiger partial charge in [-0.1, -0.05) is 12.8 Å². The first-order valence-corrected chi connectivity index (χ1v) is 11.7. The molecule has 1 aliphatic heterocycles. The Kier molecular flexibility index (Phi) is 5.81. The highest BCUT2D eigenvalue weighted by molar-refractivity contribution is 5.69. The minimum absolute atomic E-state index is 0.0926. The van der Waals surface area contributed by atoms with E-state index >= 15 is 0 Å². The van der Waals surface area contributed by atoms with Gasteiger partial charge in [0, 0.05) is 6.42 Å². The number of carbonyl (C=O) groups is 1. The Labute approximate surface area is 186 Å². The fourth-order valence-corrected chi connectivity index (χ4v) is 5.91. The summed E-state index contributed by atoms with van der Waals surface area (Å²) in [5, 5.41) is 25.2. The van der Waals surface area contributed by atoms with E-state index in [1.807, 2.05) is 0 Å². The molecule has 2 aliphatic carbocycles. The standard InChI is InChI=1S/C23H32N4O5/c24-22-16-4-3-15(27(16)26-13-25-22)21-20(30)19(29)17(32-21)12-31-18(28)11-14-5-9-23(10-6-14)7-1-2-8-23/h3-4,13-14,17,19-21,29-30H,1-2,5-12H2,(H2,24,25,26)/t17-,19-,20-,21+/m1/s1. The molecule has 5 rings (SSSR count). The molecule has 9 heteroatoms. The molecular formula is C23H32N4O5. The van der Waals surface area contributed by atoms with Crippen LogP contribution in [0.4, 0.5) is 5.82 Å². The molecule has 1 saturated heterocycles. The van der Waals surface area contributed by atoms with Crippen LogP contribution in [0.2, 0.25) is 0 Å². The number of aliphatic hydroxyl groups excluding tert-OH is 2. The summed E-state index contributed by atoms with van der Waals surface area (Å²) in [5.41, 5.74) is 7.56. The maximum absolute atomic E-state index is 12.4. The zero-order valence-corrected chi connectivity index (χ0v) is 18.2. The van der Waals surface area contributed by atoms with E-state index in [4.69, 9.17) is 15.2 Å². The summed E-state index contributed by atoms with van der Waals surface area (Å²) in [6, 6.07) is 3.47. The van der Waals surface area contributed by atoms with Crippen LogP contribution in [0, 0.1) is 11.3 Å². The number of nitrogen functional groups attached to an aromatic ring is 1. The molecule has 0 bridgehead atoms. The van der Waals surface area contributed by atoms with Gasteiger partial charge in [0.2, 0.25) is 0 Å². The number of hydrogen-bond acceptors (Lipinski definition) is 8. The van der Waals surface area contributed by atoms with Crippen LogP contribution in [-0.4, -0.2) is 55.7 Å².